The molecule has 0 aromatic rings. The fourth-order valence-electron chi connectivity index (χ4n) is 0.474. The first kappa shape index (κ1) is 12.1. The molecule has 0 bridgehead atoms. The zero-order chi connectivity index (χ0) is 10.4. The summed E-state index contributed by atoms with van der Waals surface area (Å²) < 4.78 is 11.0. The Balaban J connectivity index is 4.16. The third kappa shape index (κ3) is 4.62. The summed E-state index contributed by atoms with van der Waals surface area (Å²) in [6.07, 6.45) is 0.942. The second-order valence-electron chi connectivity index (χ2n) is 2.50. The lowest BCUT2D eigenvalue weighted by Gasteiger charge is -2.05. The van der Waals surface area contributed by atoms with Gasteiger partial charge in [-0.1, -0.05) is 5.16 Å². The maximum atomic E-state index is 11.0. The second-order valence-corrected chi connectivity index (χ2v) is 4.21. The van der Waals surface area contributed by atoms with Crippen LogP contribution < -0.4 is 5.32 Å². The van der Waals surface area contributed by atoms with Crippen molar-refractivity contribution in [2.24, 2.45) is 5.16 Å². The van der Waals surface area contributed by atoms with Gasteiger partial charge in [-0.05, 0) is 13.8 Å². The van der Waals surface area contributed by atoms with Gasteiger partial charge in [0, 0.05) is 24.1 Å². The van der Waals surface area contributed by atoms with E-state index in [1.165, 1.54) is 7.05 Å². The fraction of sp³-hybridized carbons (Fsp3) is 0.714. The molecular formula is C7H14N2O3S. The van der Waals surface area contributed by atoms with E-state index in [0.717, 1.165) is 0 Å². The molecule has 0 fully saturated rings. The number of hydrogen-bond acceptors (Lipinski definition) is 4. The molecule has 13 heavy (non-hydrogen) atoms. The van der Waals surface area contributed by atoms with Crippen LogP contribution in [0.1, 0.15) is 13.8 Å². The van der Waals surface area contributed by atoms with Crippen LogP contribution in [0, 0.1) is 0 Å². The van der Waals surface area contributed by atoms with Gasteiger partial charge in [0.25, 0.3) is 0 Å². The first-order chi connectivity index (χ1) is 5.99. The molecule has 0 aromatic heterocycles. The molecule has 5 nitrogen and oxygen atoms in total. The molecule has 0 rings (SSSR count). The molecule has 6 heteroatoms. The fourth-order valence-corrected chi connectivity index (χ4v) is 0.997. The molecule has 2 unspecified atom stereocenters. The van der Waals surface area contributed by atoms with Crippen molar-refractivity contribution in [3.05, 3.63) is 0 Å². The number of nitrogens with zero attached hydrogens (tertiary/aromatic N) is 1. The minimum Gasteiger partial charge on any atom is -0.323 e. The van der Waals surface area contributed by atoms with E-state index < -0.39 is 16.9 Å². The molecule has 1 N–H and O–H groups in total. The molecule has 0 spiro atoms. The van der Waals surface area contributed by atoms with Crippen molar-refractivity contribution in [3.63, 3.8) is 0 Å². The first-order valence-corrected chi connectivity index (χ1v) is 5.36. The van der Waals surface area contributed by atoms with Crippen LogP contribution in [0.5, 0.6) is 0 Å². The normalized spacial score (nSPS) is 16.2. The Hall–Kier alpha value is -0.910. The van der Waals surface area contributed by atoms with Crippen molar-refractivity contribution in [2.45, 2.75) is 19.1 Å². The third-order valence-corrected chi connectivity index (χ3v) is 2.90. The minimum absolute atomic E-state index is 0.204. The monoisotopic (exact) mass is 206 g/mol. The van der Waals surface area contributed by atoms with Gasteiger partial charge in [0.15, 0.2) is 0 Å². The zero-order valence-electron chi connectivity index (χ0n) is 8.16. The SMILES string of the molecule is CNC(=O)ON=C(C)C(C)S(C)=O. The second kappa shape index (κ2) is 5.69. The lowest BCUT2D eigenvalue weighted by Crippen LogP contribution is -2.22. The van der Waals surface area contributed by atoms with Crippen molar-refractivity contribution in [1.29, 1.82) is 0 Å². The van der Waals surface area contributed by atoms with E-state index in [-0.39, 0.29) is 5.25 Å². The molecule has 0 saturated heterocycles. The molecule has 1 amide bonds. The van der Waals surface area contributed by atoms with Gasteiger partial charge in [-0.3, -0.25) is 9.05 Å². The Morgan fingerprint density at radius 1 is 1.62 bits per heavy atom. The Morgan fingerprint density at radius 2 is 2.15 bits per heavy atom. The first-order valence-electron chi connectivity index (χ1n) is 3.74. The predicted octanol–water partition coefficient (Wildman–Crippen LogP) is 0.485. The van der Waals surface area contributed by atoms with Crippen LogP contribution in [0.25, 0.3) is 0 Å². The highest BCUT2D eigenvalue weighted by atomic mass is 32.2. The number of rotatable bonds is 3. The average molecular weight is 206 g/mol. The highest BCUT2D eigenvalue weighted by Gasteiger charge is 2.10. The molecule has 0 radical (unpaired) electrons. The van der Waals surface area contributed by atoms with Crippen molar-refractivity contribution in [1.82, 2.24) is 5.32 Å². The number of carbonyl (C=O) groups is 1. The van der Waals surface area contributed by atoms with Gasteiger partial charge in [0.05, 0.1) is 11.0 Å². The van der Waals surface area contributed by atoms with Crippen molar-refractivity contribution in [2.75, 3.05) is 13.3 Å². The smallest absolute Gasteiger partial charge is 0.323 e. The Bertz CT molecular complexity index is 240. The van der Waals surface area contributed by atoms with E-state index in [9.17, 15) is 9.00 Å². The molecule has 0 aliphatic rings. The Labute approximate surface area is 80.0 Å². The van der Waals surface area contributed by atoms with E-state index in [4.69, 9.17) is 0 Å². The van der Waals surface area contributed by atoms with Crippen LogP contribution >= 0.6 is 0 Å². The molecular weight excluding hydrogens is 192 g/mol. The van der Waals surface area contributed by atoms with Crippen LogP contribution in [-0.2, 0) is 15.6 Å². The van der Waals surface area contributed by atoms with Gasteiger partial charge >= 0.3 is 6.09 Å². The van der Waals surface area contributed by atoms with Gasteiger partial charge in [-0.15, -0.1) is 0 Å². The largest absolute Gasteiger partial charge is 0.433 e. The number of amides is 1. The summed E-state index contributed by atoms with van der Waals surface area (Å²) in [4.78, 5) is 15.0. The van der Waals surface area contributed by atoms with E-state index >= 15 is 0 Å². The minimum atomic E-state index is -1.000. The molecule has 2 atom stereocenters. The van der Waals surface area contributed by atoms with Gasteiger partial charge in [-0.25, -0.2) is 4.79 Å². The van der Waals surface area contributed by atoms with Gasteiger partial charge < -0.3 is 5.32 Å². The van der Waals surface area contributed by atoms with Crippen molar-refractivity contribution >= 4 is 22.6 Å². The summed E-state index contributed by atoms with van der Waals surface area (Å²) in [7, 11) is 0.440. The summed E-state index contributed by atoms with van der Waals surface area (Å²) in [5.41, 5.74) is 0.532. The van der Waals surface area contributed by atoms with Crippen LogP contribution in [0.15, 0.2) is 5.16 Å². The van der Waals surface area contributed by atoms with Crippen LogP contribution in [0.4, 0.5) is 4.79 Å². The molecule has 0 saturated carbocycles. The summed E-state index contributed by atoms with van der Waals surface area (Å²) in [6, 6.07) is 0. The highest BCUT2D eigenvalue weighted by Crippen LogP contribution is 1.97. The zero-order valence-corrected chi connectivity index (χ0v) is 8.97. The van der Waals surface area contributed by atoms with Crippen molar-refractivity contribution in [3.8, 4) is 0 Å². The maximum absolute atomic E-state index is 11.0. The maximum Gasteiger partial charge on any atom is 0.433 e. The predicted molar refractivity (Wildman–Crippen MR) is 52.2 cm³/mol. The lowest BCUT2D eigenvalue weighted by molar-refractivity contribution is 0.153. The standard InChI is InChI=1S/C7H14N2O3S/c1-5(6(2)13(4)11)9-12-7(10)8-3/h6H,1-4H3,(H,8,10). The van der Waals surface area contributed by atoms with Gasteiger partial charge in [0.1, 0.15) is 0 Å². The average Bonchev–Trinajstić information content (AvgIpc) is 2.11. The van der Waals surface area contributed by atoms with E-state index in [2.05, 4.69) is 15.3 Å². The Morgan fingerprint density at radius 3 is 2.54 bits per heavy atom. The van der Waals surface area contributed by atoms with Gasteiger partial charge in [0.2, 0.25) is 0 Å². The van der Waals surface area contributed by atoms with Crippen LogP contribution in [-0.4, -0.2) is 34.6 Å². The molecule has 0 aliphatic carbocycles. The van der Waals surface area contributed by atoms with Crippen LogP contribution in [0.3, 0.4) is 0 Å². The van der Waals surface area contributed by atoms with E-state index in [1.807, 2.05) is 0 Å². The molecule has 0 aliphatic heterocycles. The summed E-state index contributed by atoms with van der Waals surface area (Å²) in [5, 5.41) is 5.57. The summed E-state index contributed by atoms with van der Waals surface area (Å²) >= 11 is 0. The summed E-state index contributed by atoms with van der Waals surface area (Å²) in [5.74, 6) is 0. The highest BCUT2D eigenvalue weighted by molar-refractivity contribution is 7.85. The van der Waals surface area contributed by atoms with E-state index in [1.54, 1.807) is 20.1 Å². The van der Waals surface area contributed by atoms with Gasteiger partial charge in [-0.2, -0.15) is 0 Å². The molecule has 0 heterocycles. The number of nitrogens with one attached hydrogen (secondary N) is 1. The number of hydrogen-bond donors (Lipinski definition) is 1. The third-order valence-electron chi connectivity index (χ3n) is 1.56. The molecule has 76 valence electrons. The number of carbonyl (C=O) groups excluding carboxylic acids is 1. The van der Waals surface area contributed by atoms with Crippen molar-refractivity contribution < 1.29 is 13.8 Å². The topological polar surface area (TPSA) is 67.8 Å². The quantitative estimate of drug-likeness (QED) is 0.415. The lowest BCUT2D eigenvalue weighted by atomic mass is 10.3. The van der Waals surface area contributed by atoms with E-state index in [0.29, 0.717) is 5.71 Å². The molecule has 0 aromatic carbocycles. The van der Waals surface area contributed by atoms with Crippen LogP contribution in [0.2, 0.25) is 0 Å². The Kier molecular flexibility index (Phi) is 5.29. The number of oxime groups is 1. The summed E-state index contributed by atoms with van der Waals surface area (Å²) in [6.45, 7) is 3.41.